The molecule has 4 heteroatoms. The van der Waals surface area contributed by atoms with Crippen molar-refractivity contribution in [3.63, 3.8) is 0 Å². The van der Waals surface area contributed by atoms with E-state index in [0.29, 0.717) is 12.0 Å². The number of nitrogens with zero attached hydrogens (tertiary/aromatic N) is 2. The van der Waals surface area contributed by atoms with E-state index in [9.17, 15) is 9.59 Å². The van der Waals surface area contributed by atoms with Crippen molar-refractivity contribution >= 4 is 12.1 Å². The van der Waals surface area contributed by atoms with Crippen LogP contribution >= 0.6 is 0 Å². The van der Waals surface area contributed by atoms with E-state index in [-0.39, 0.29) is 0 Å². The molecule has 0 radical (unpaired) electrons. The summed E-state index contributed by atoms with van der Waals surface area (Å²) in [4.78, 5) is 21.0. The minimum absolute atomic E-state index is 0.296. The van der Waals surface area contributed by atoms with E-state index < -0.39 is 5.78 Å². The first-order valence-electron chi connectivity index (χ1n) is 3.15. The normalized spacial score (nSPS) is 9.64. The molecule has 1 aromatic rings. The molecule has 0 bridgehead atoms. The average Bonchev–Trinajstić information content (AvgIpc) is 2.30. The van der Waals surface area contributed by atoms with Crippen LogP contribution in [0.1, 0.15) is 16.1 Å². The van der Waals surface area contributed by atoms with E-state index in [0.717, 1.165) is 5.56 Å². The molecule has 0 saturated carbocycles. The van der Waals surface area contributed by atoms with Crippen molar-refractivity contribution in [1.29, 1.82) is 0 Å². The number of hydrogen-bond donors (Lipinski definition) is 0. The number of carbonyl (C=O) groups excluding carboxylic acids is 2. The molecule has 0 N–H and O–H groups in total. The summed E-state index contributed by atoms with van der Waals surface area (Å²) >= 11 is 0. The van der Waals surface area contributed by atoms with Crippen molar-refractivity contribution in [3.05, 3.63) is 17.5 Å². The molecule has 11 heavy (non-hydrogen) atoms. The van der Waals surface area contributed by atoms with Crippen molar-refractivity contribution in [1.82, 2.24) is 9.78 Å². The highest BCUT2D eigenvalue weighted by molar-refractivity contribution is 6.33. The zero-order chi connectivity index (χ0) is 8.43. The highest BCUT2D eigenvalue weighted by Crippen LogP contribution is 2.04. The van der Waals surface area contributed by atoms with Gasteiger partial charge in [0, 0.05) is 7.05 Å². The summed E-state index contributed by atoms with van der Waals surface area (Å²) in [7, 11) is 1.63. The Hall–Kier alpha value is -1.45. The van der Waals surface area contributed by atoms with Gasteiger partial charge in [-0.2, -0.15) is 5.10 Å². The van der Waals surface area contributed by atoms with E-state index in [1.807, 2.05) is 0 Å². The molecule has 0 unspecified atom stereocenters. The van der Waals surface area contributed by atoms with Gasteiger partial charge in [-0.3, -0.25) is 14.3 Å². The second kappa shape index (κ2) is 2.65. The lowest BCUT2D eigenvalue weighted by Crippen LogP contribution is -2.08. The lowest BCUT2D eigenvalue weighted by Gasteiger charge is -1.94. The molecule has 0 spiro atoms. The summed E-state index contributed by atoms with van der Waals surface area (Å²) in [5.74, 6) is -0.525. The van der Waals surface area contributed by atoms with Crippen LogP contribution in [0.15, 0.2) is 6.20 Å². The Morgan fingerprint density at radius 1 is 1.73 bits per heavy atom. The Labute approximate surface area is 63.8 Å². The lowest BCUT2D eigenvalue weighted by molar-refractivity contribution is -0.104. The number of aldehydes is 1. The van der Waals surface area contributed by atoms with E-state index in [1.165, 1.54) is 4.68 Å². The highest BCUT2D eigenvalue weighted by Gasteiger charge is 2.11. The number of aryl methyl sites for hydroxylation is 2. The molecule has 0 atom stereocenters. The summed E-state index contributed by atoms with van der Waals surface area (Å²) < 4.78 is 1.39. The second-order valence-corrected chi connectivity index (χ2v) is 2.28. The lowest BCUT2D eigenvalue weighted by atomic mass is 10.2. The van der Waals surface area contributed by atoms with Crippen molar-refractivity contribution in [3.8, 4) is 0 Å². The smallest absolute Gasteiger partial charge is 0.243 e. The quantitative estimate of drug-likeness (QED) is 0.343. The molecule has 0 amide bonds. The summed E-state index contributed by atoms with van der Waals surface area (Å²) in [5, 5.41) is 3.82. The number of Topliss-reactive ketones (excluding diaryl/α,β-unsaturated/α-hetero) is 1. The SMILES string of the molecule is Cc1cnn(C)c1C(=O)C=O. The molecule has 1 heterocycles. The molecule has 0 aliphatic heterocycles. The Kier molecular flexibility index (Phi) is 1.85. The van der Waals surface area contributed by atoms with Crippen molar-refractivity contribution in [2.24, 2.45) is 7.05 Å². The van der Waals surface area contributed by atoms with Crippen LogP contribution in [0.5, 0.6) is 0 Å². The molecular weight excluding hydrogens is 144 g/mol. The minimum atomic E-state index is -0.525. The Morgan fingerprint density at radius 2 is 2.36 bits per heavy atom. The highest BCUT2D eigenvalue weighted by atomic mass is 16.2. The van der Waals surface area contributed by atoms with Gasteiger partial charge in [-0.1, -0.05) is 0 Å². The number of aromatic nitrogens is 2. The van der Waals surface area contributed by atoms with Gasteiger partial charge in [0.15, 0.2) is 6.29 Å². The first kappa shape index (κ1) is 7.65. The monoisotopic (exact) mass is 152 g/mol. The van der Waals surface area contributed by atoms with Gasteiger partial charge in [-0.25, -0.2) is 0 Å². The van der Waals surface area contributed by atoms with Gasteiger partial charge < -0.3 is 0 Å². The Morgan fingerprint density at radius 3 is 2.73 bits per heavy atom. The third kappa shape index (κ3) is 1.19. The van der Waals surface area contributed by atoms with Crippen molar-refractivity contribution in [2.45, 2.75) is 6.92 Å². The van der Waals surface area contributed by atoms with Crippen LogP contribution in [0, 0.1) is 6.92 Å². The third-order valence-electron chi connectivity index (χ3n) is 1.46. The van der Waals surface area contributed by atoms with Gasteiger partial charge in [0.2, 0.25) is 5.78 Å². The van der Waals surface area contributed by atoms with E-state index >= 15 is 0 Å². The van der Waals surface area contributed by atoms with Crippen LogP contribution in [0.2, 0.25) is 0 Å². The maximum Gasteiger partial charge on any atom is 0.243 e. The van der Waals surface area contributed by atoms with Crippen LogP contribution in [0.3, 0.4) is 0 Å². The number of carbonyl (C=O) groups is 2. The second-order valence-electron chi connectivity index (χ2n) is 2.28. The summed E-state index contributed by atoms with van der Waals surface area (Å²) in [6.07, 6.45) is 1.85. The summed E-state index contributed by atoms with van der Waals surface area (Å²) in [6, 6.07) is 0. The average molecular weight is 152 g/mol. The Bertz CT molecular complexity index is 282. The Balaban J connectivity index is 3.20. The van der Waals surface area contributed by atoms with Gasteiger partial charge in [-0.05, 0) is 12.5 Å². The van der Waals surface area contributed by atoms with Gasteiger partial charge in [0.05, 0.1) is 6.20 Å². The molecule has 0 fully saturated rings. The number of rotatable bonds is 2. The molecule has 1 rings (SSSR count). The fourth-order valence-corrected chi connectivity index (χ4v) is 0.957. The fourth-order valence-electron chi connectivity index (χ4n) is 0.957. The summed E-state index contributed by atoms with van der Waals surface area (Å²) in [6.45, 7) is 1.74. The zero-order valence-electron chi connectivity index (χ0n) is 6.37. The number of ketones is 1. The predicted molar refractivity (Wildman–Crippen MR) is 38.3 cm³/mol. The largest absolute Gasteiger partial charge is 0.294 e. The number of hydrogen-bond acceptors (Lipinski definition) is 3. The van der Waals surface area contributed by atoms with Crippen molar-refractivity contribution in [2.75, 3.05) is 0 Å². The maximum absolute atomic E-state index is 10.9. The van der Waals surface area contributed by atoms with E-state index in [1.54, 1.807) is 20.2 Å². The molecule has 0 saturated heterocycles. The fraction of sp³-hybridized carbons (Fsp3) is 0.286. The molecule has 58 valence electrons. The maximum atomic E-state index is 10.9. The topological polar surface area (TPSA) is 52.0 Å². The standard InChI is InChI=1S/C7H8N2O2/c1-5-3-8-9(2)7(5)6(11)4-10/h3-4H,1-2H3. The molecular formula is C7H8N2O2. The zero-order valence-corrected chi connectivity index (χ0v) is 6.37. The third-order valence-corrected chi connectivity index (χ3v) is 1.46. The van der Waals surface area contributed by atoms with Crippen LogP contribution in [0.4, 0.5) is 0 Å². The molecule has 1 aromatic heterocycles. The van der Waals surface area contributed by atoms with Crippen molar-refractivity contribution < 1.29 is 9.59 Å². The molecule has 0 aliphatic rings. The minimum Gasteiger partial charge on any atom is -0.294 e. The molecule has 0 aliphatic carbocycles. The molecule has 4 nitrogen and oxygen atoms in total. The van der Waals surface area contributed by atoms with Gasteiger partial charge in [0.1, 0.15) is 5.69 Å². The first-order chi connectivity index (χ1) is 5.16. The van der Waals surface area contributed by atoms with Crippen LogP contribution < -0.4 is 0 Å². The summed E-state index contributed by atoms with van der Waals surface area (Å²) in [5.41, 5.74) is 1.09. The van der Waals surface area contributed by atoms with Gasteiger partial charge in [0.25, 0.3) is 0 Å². The van der Waals surface area contributed by atoms with Crippen LogP contribution in [-0.4, -0.2) is 21.8 Å². The van der Waals surface area contributed by atoms with Gasteiger partial charge >= 0.3 is 0 Å². The van der Waals surface area contributed by atoms with E-state index in [4.69, 9.17) is 0 Å². The van der Waals surface area contributed by atoms with E-state index in [2.05, 4.69) is 5.10 Å². The first-order valence-corrected chi connectivity index (χ1v) is 3.15. The van der Waals surface area contributed by atoms with Gasteiger partial charge in [-0.15, -0.1) is 0 Å². The van der Waals surface area contributed by atoms with Crippen LogP contribution in [-0.2, 0) is 11.8 Å². The van der Waals surface area contributed by atoms with Crippen LogP contribution in [0.25, 0.3) is 0 Å². The predicted octanol–water partition coefficient (Wildman–Crippen LogP) is 0.110. The molecule has 0 aromatic carbocycles.